The summed E-state index contributed by atoms with van der Waals surface area (Å²) in [4.78, 5) is 20.0. The van der Waals surface area contributed by atoms with Crippen molar-refractivity contribution in [1.29, 1.82) is 0 Å². The van der Waals surface area contributed by atoms with E-state index in [1.165, 1.54) is 0 Å². The molecule has 3 aromatic rings. The van der Waals surface area contributed by atoms with Crippen LogP contribution in [-0.4, -0.2) is 52.3 Å². The van der Waals surface area contributed by atoms with Gasteiger partial charge in [0, 0.05) is 36.8 Å². The van der Waals surface area contributed by atoms with Crippen molar-refractivity contribution in [3.8, 4) is 11.3 Å². The molecule has 1 aromatic carbocycles. The summed E-state index contributed by atoms with van der Waals surface area (Å²) in [5, 5.41) is 8.39. The molecule has 3 rings (SSSR count). The fraction of sp³-hybridized carbons (Fsp3) is 0.409. The smallest absolute Gasteiger partial charge is 0.252 e. The standard InChI is InChI=1S/C22H29N5O/c1-14(2)21(26(4)5)12-23-22(28)17-11-20(18-13-27(6)25-15(18)3)24-19-10-8-7-9-16(17)19/h7-11,13-14,21H,12H2,1-6H3,(H,23,28)/t21-/m0/s1. The molecule has 0 spiro atoms. The van der Waals surface area contributed by atoms with E-state index in [2.05, 4.69) is 29.2 Å². The first kappa shape index (κ1) is 20.0. The van der Waals surface area contributed by atoms with Crippen LogP contribution in [0, 0.1) is 12.8 Å². The van der Waals surface area contributed by atoms with E-state index in [-0.39, 0.29) is 11.9 Å². The molecule has 0 unspecified atom stereocenters. The number of carbonyl (C=O) groups is 1. The average Bonchev–Trinajstić information content (AvgIpc) is 2.98. The van der Waals surface area contributed by atoms with Crippen LogP contribution in [-0.2, 0) is 7.05 Å². The molecule has 1 amide bonds. The molecule has 0 saturated heterocycles. The van der Waals surface area contributed by atoms with E-state index in [0.29, 0.717) is 18.0 Å². The fourth-order valence-electron chi connectivity index (χ4n) is 3.66. The molecule has 6 heteroatoms. The topological polar surface area (TPSA) is 63.1 Å². The van der Waals surface area contributed by atoms with Crippen molar-refractivity contribution in [3.63, 3.8) is 0 Å². The third kappa shape index (κ3) is 4.07. The number of para-hydroxylation sites is 1. The Morgan fingerprint density at radius 1 is 1.25 bits per heavy atom. The lowest BCUT2D eigenvalue weighted by Gasteiger charge is -2.28. The minimum Gasteiger partial charge on any atom is -0.350 e. The molecule has 148 valence electrons. The van der Waals surface area contributed by atoms with Crippen LogP contribution in [0.5, 0.6) is 0 Å². The number of amides is 1. The highest BCUT2D eigenvalue weighted by molar-refractivity contribution is 6.07. The van der Waals surface area contributed by atoms with E-state index in [9.17, 15) is 4.79 Å². The number of benzene rings is 1. The minimum atomic E-state index is -0.0751. The summed E-state index contributed by atoms with van der Waals surface area (Å²) in [6.07, 6.45) is 1.94. The third-order valence-corrected chi connectivity index (χ3v) is 5.15. The first-order valence-corrected chi connectivity index (χ1v) is 9.63. The minimum absolute atomic E-state index is 0.0751. The van der Waals surface area contributed by atoms with Crippen LogP contribution in [0.3, 0.4) is 0 Å². The molecule has 0 saturated carbocycles. The number of fused-ring (bicyclic) bond motifs is 1. The van der Waals surface area contributed by atoms with Crippen molar-refractivity contribution >= 4 is 16.8 Å². The largest absolute Gasteiger partial charge is 0.350 e. The van der Waals surface area contributed by atoms with E-state index in [4.69, 9.17) is 4.98 Å². The summed E-state index contributed by atoms with van der Waals surface area (Å²) < 4.78 is 1.77. The van der Waals surface area contributed by atoms with Gasteiger partial charge in [0.2, 0.25) is 0 Å². The Bertz CT molecular complexity index is 982. The SMILES string of the molecule is Cc1nn(C)cc1-c1cc(C(=O)NC[C@@H](C(C)C)N(C)C)c2ccccc2n1. The van der Waals surface area contributed by atoms with Crippen LogP contribution in [0.25, 0.3) is 22.2 Å². The molecule has 2 aromatic heterocycles. The van der Waals surface area contributed by atoms with Gasteiger partial charge < -0.3 is 10.2 Å². The normalized spacial score (nSPS) is 12.7. The molecule has 0 bridgehead atoms. The lowest BCUT2D eigenvalue weighted by Crippen LogP contribution is -2.43. The van der Waals surface area contributed by atoms with Crippen molar-refractivity contribution in [1.82, 2.24) is 25.0 Å². The van der Waals surface area contributed by atoms with Gasteiger partial charge >= 0.3 is 0 Å². The number of hydrogen-bond donors (Lipinski definition) is 1. The summed E-state index contributed by atoms with van der Waals surface area (Å²) in [6, 6.07) is 9.92. The summed E-state index contributed by atoms with van der Waals surface area (Å²) >= 11 is 0. The number of aryl methyl sites for hydroxylation is 2. The van der Waals surface area contributed by atoms with Gasteiger partial charge in [0.25, 0.3) is 5.91 Å². The molecule has 0 radical (unpaired) electrons. The van der Waals surface area contributed by atoms with Crippen molar-refractivity contribution in [2.75, 3.05) is 20.6 Å². The lowest BCUT2D eigenvalue weighted by molar-refractivity contribution is 0.0936. The molecule has 28 heavy (non-hydrogen) atoms. The maximum Gasteiger partial charge on any atom is 0.252 e. The number of nitrogens with one attached hydrogen (secondary N) is 1. The van der Waals surface area contributed by atoms with E-state index in [1.807, 2.05) is 64.6 Å². The number of nitrogens with zero attached hydrogens (tertiary/aromatic N) is 4. The number of rotatable bonds is 6. The Morgan fingerprint density at radius 3 is 2.57 bits per heavy atom. The van der Waals surface area contributed by atoms with E-state index in [1.54, 1.807) is 4.68 Å². The first-order valence-electron chi connectivity index (χ1n) is 9.63. The van der Waals surface area contributed by atoms with Crippen LogP contribution in [0.4, 0.5) is 0 Å². The van der Waals surface area contributed by atoms with Gasteiger partial charge in [-0.15, -0.1) is 0 Å². The molecular weight excluding hydrogens is 350 g/mol. The van der Waals surface area contributed by atoms with Gasteiger partial charge in [-0.3, -0.25) is 9.48 Å². The number of aromatic nitrogens is 3. The maximum atomic E-state index is 13.1. The van der Waals surface area contributed by atoms with E-state index < -0.39 is 0 Å². The van der Waals surface area contributed by atoms with Crippen LogP contribution in [0.2, 0.25) is 0 Å². The maximum absolute atomic E-state index is 13.1. The average molecular weight is 380 g/mol. The van der Waals surface area contributed by atoms with Crippen molar-refractivity contribution < 1.29 is 4.79 Å². The summed E-state index contributed by atoms with van der Waals surface area (Å²) in [5.74, 6) is 0.368. The molecular formula is C22H29N5O. The summed E-state index contributed by atoms with van der Waals surface area (Å²) in [5.41, 5.74) is 4.05. The molecule has 0 aliphatic heterocycles. The van der Waals surface area contributed by atoms with Gasteiger partial charge in [-0.2, -0.15) is 5.10 Å². The Labute approximate surface area is 166 Å². The molecule has 0 fully saturated rings. The van der Waals surface area contributed by atoms with E-state index >= 15 is 0 Å². The number of pyridine rings is 1. The second kappa shape index (κ2) is 8.10. The fourth-order valence-corrected chi connectivity index (χ4v) is 3.66. The van der Waals surface area contributed by atoms with Crippen molar-refractivity contribution in [2.24, 2.45) is 13.0 Å². The molecule has 0 aliphatic carbocycles. The highest BCUT2D eigenvalue weighted by Crippen LogP contribution is 2.26. The zero-order valence-electron chi connectivity index (χ0n) is 17.5. The van der Waals surface area contributed by atoms with Crippen molar-refractivity contribution in [2.45, 2.75) is 26.8 Å². The van der Waals surface area contributed by atoms with Gasteiger partial charge in [0.15, 0.2) is 0 Å². The van der Waals surface area contributed by atoms with Crippen molar-refractivity contribution in [3.05, 3.63) is 47.8 Å². The predicted octanol–water partition coefficient (Wildman–Crippen LogP) is 3.26. The summed E-state index contributed by atoms with van der Waals surface area (Å²) in [6.45, 7) is 6.89. The monoisotopic (exact) mass is 379 g/mol. The number of likely N-dealkylation sites (N-methyl/N-ethyl adjacent to an activating group) is 1. The number of hydrogen-bond acceptors (Lipinski definition) is 4. The first-order chi connectivity index (χ1) is 13.3. The molecule has 0 aliphatic rings. The zero-order valence-corrected chi connectivity index (χ0v) is 17.5. The van der Waals surface area contributed by atoms with Crippen LogP contribution in [0.15, 0.2) is 36.5 Å². The van der Waals surface area contributed by atoms with Gasteiger partial charge in [-0.05, 0) is 39.1 Å². The van der Waals surface area contributed by atoms with Gasteiger partial charge in [0.1, 0.15) is 0 Å². The lowest BCUT2D eigenvalue weighted by atomic mass is 10.0. The third-order valence-electron chi connectivity index (χ3n) is 5.15. The van der Waals surface area contributed by atoms with Crippen LogP contribution < -0.4 is 5.32 Å². The zero-order chi connectivity index (χ0) is 20.4. The number of carbonyl (C=O) groups excluding carboxylic acids is 1. The molecule has 1 N–H and O–H groups in total. The van der Waals surface area contributed by atoms with Gasteiger partial charge in [-0.25, -0.2) is 4.98 Å². The Kier molecular flexibility index (Phi) is 5.79. The van der Waals surface area contributed by atoms with Crippen LogP contribution >= 0.6 is 0 Å². The Hall–Kier alpha value is -2.73. The molecule has 2 heterocycles. The molecule has 6 nitrogen and oxygen atoms in total. The van der Waals surface area contributed by atoms with Crippen LogP contribution in [0.1, 0.15) is 29.9 Å². The van der Waals surface area contributed by atoms with Gasteiger partial charge in [0.05, 0.1) is 22.5 Å². The summed E-state index contributed by atoms with van der Waals surface area (Å²) in [7, 11) is 5.97. The highest BCUT2D eigenvalue weighted by Gasteiger charge is 2.19. The Morgan fingerprint density at radius 2 is 1.96 bits per heavy atom. The highest BCUT2D eigenvalue weighted by atomic mass is 16.1. The van der Waals surface area contributed by atoms with E-state index in [0.717, 1.165) is 27.9 Å². The predicted molar refractivity (Wildman–Crippen MR) is 113 cm³/mol. The Balaban J connectivity index is 1.99. The van der Waals surface area contributed by atoms with Gasteiger partial charge in [-0.1, -0.05) is 32.0 Å². The second-order valence-electron chi connectivity index (χ2n) is 7.86. The molecule has 1 atom stereocenters. The quantitative estimate of drug-likeness (QED) is 0.714. The second-order valence-corrected chi connectivity index (χ2v) is 7.86.